The number of aryl methyl sites for hydroxylation is 2. The van der Waals surface area contributed by atoms with Crippen LogP contribution in [0.25, 0.3) is 10.9 Å². The minimum Gasteiger partial charge on any atom is -0.460 e. The standard InChI is InChI=1S/C22H23NO2/c1-3-22(18-15-23(2)19-12-8-7-11-17(18)19)20(25-21(22)24)14-13-16-9-5-4-6-10-16/h4-12,15,20H,3,13-14H2,1-2H3/t20-,22-/m1/s1. The Morgan fingerprint density at radius 1 is 1.08 bits per heavy atom. The van der Waals surface area contributed by atoms with Crippen LogP contribution in [0.4, 0.5) is 0 Å². The van der Waals surface area contributed by atoms with Gasteiger partial charge in [0.15, 0.2) is 0 Å². The van der Waals surface area contributed by atoms with Crippen molar-refractivity contribution in [2.24, 2.45) is 7.05 Å². The lowest BCUT2D eigenvalue weighted by Crippen LogP contribution is -2.59. The van der Waals surface area contributed by atoms with Gasteiger partial charge in [0.05, 0.1) is 0 Å². The van der Waals surface area contributed by atoms with Gasteiger partial charge in [-0.3, -0.25) is 4.79 Å². The van der Waals surface area contributed by atoms with Crippen molar-refractivity contribution < 1.29 is 9.53 Å². The summed E-state index contributed by atoms with van der Waals surface area (Å²) in [6.45, 7) is 2.09. The second-order valence-corrected chi connectivity index (χ2v) is 6.91. The lowest BCUT2D eigenvalue weighted by atomic mass is 9.68. The summed E-state index contributed by atoms with van der Waals surface area (Å²) in [7, 11) is 2.04. The predicted molar refractivity (Wildman–Crippen MR) is 99.5 cm³/mol. The highest BCUT2D eigenvalue weighted by atomic mass is 16.6. The van der Waals surface area contributed by atoms with Gasteiger partial charge in [-0.2, -0.15) is 0 Å². The number of nitrogens with zero attached hydrogens (tertiary/aromatic N) is 1. The third-order valence-corrected chi connectivity index (χ3v) is 5.64. The normalized spacial score (nSPS) is 22.6. The Bertz CT molecular complexity index is 912. The van der Waals surface area contributed by atoms with Gasteiger partial charge in [0, 0.05) is 24.1 Å². The van der Waals surface area contributed by atoms with E-state index in [0.29, 0.717) is 0 Å². The molecule has 1 aliphatic heterocycles. The number of carbonyl (C=O) groups is 1. The van der Waals surface area contributed by atoms with E-state index < -0.39 is 5.41 Å². The SMILES string of the molecule is CC[C@]1(c2cn(C)c3ccccc23)C(=O)O[C@@H]1CCc1ccccc1. The number of cyclic esters (lactones) is 1. The average molecular weight is 333 g/mol. The number of carbonyl (C=O) groups excluding carboxylic acids is 1. The first-order chi connectivity index (χ1) is 12.2. The molecule has 2 atom stereocenters. The highest BCUT2D eigenvalue weighted by Crippen LogP contribution is 2.47. The minimum atomic E-state index is -0.518. The smallest absolute Gasteiger partial charge is 0.320 e. The first kappa shape index (κ1) is 15.9. The fourth-order valence-electron chi connectivity index (χ4n) is 4.20. The van der Waals surface area contributed by atoms with Crippen LogP contribution < -0.4 is 0 Å². The van der Waals surface area contributed by atoms with Crippen LogP contribution in [0.5, 0.6) is 0 Å². The van der Waals surface area contributed by atoms with E-state index in [1.807, 2.05) is 25.2 Å². The Morgan fingerprint density at radius 3 is 2.52 bits per heavy atom. The summed E-state index contributed by atoms with van der Waals surface area (Å²) in [5.41, 5.74) is 3.04. The lowest BCUT2D eigenvalue weighted by molar-refractivity contribution is -0.192. The zero-order chi connectivity index (χ0) is 17.4. The van der Waals surface area contributed by atoms with Crippen LogP contribution >= 0.6 is 0 Å². The van der Waals surface area contributed by atoms with Gasteiger partial charge in [-0.1, -0.05) is 55.5 Å². The van der Waals surface area contributed by atoms with Crippen LogP contribution in [0.15, 0.2) is 60.8 Å². The summed E-state index contributed by atoms with van der Waals surface area (Å²) >= 11 is 0. The minimum absolute atomic E-state index is 0.0592. The molecular weight excluding hydrogens is 310 g/mol. The monoisotopic (exact) mass is 333 g/mol. The van der Waals surface area contributed by atoms with Crippen LogP contribution in [0.1, 0.15) is 30.9 Å². The van der Waals surface area contributed by atoms with Gasteiger partial charge in [-0.25, -0.2) is 0 Å². The molecule has 0 bridgehead atoms. The van der Waals surface area contributed by atoms with E-state index in [0.717, 1.165) is 35.7 Å². The van der Waals surface area contributed by atoms with E-state index >= 15 is 0 Å². The number of esters is 1. The summed E-state index contributed by atoms with van der Waals surface area (Å²) in [4.78, 5) is 12.6. The van der Waals surface area contributed by atoms with Crippen LogP contribution in [0.3, 0.4) is 0 Å². The molecule has 2 aromatic carbocycles. The lowest BCUT2D eigenvalue weighted by Gasteiger charge is -2.46. The molecule has 0 unspecified atom stereocenters. The van der Waals surface area contributed by atoms with E-state index in [9.17, 15) is 4.79 Å². The van der Waals surface area contributed by atoms with Gasteiger partial charge >= 0.3 is 5.97 Å². The van der Waals surface area contributed by atoms with E-state index in [1.165, 1.54) is 5.56 Å². The molecule has 0 saturated carbocycles. The van der Waals surface area contributed by atoms with Gasteiger partial charge in [0.1, 0.15) is 11.5 Å². The van der Waals surface area contributed by atoms with Crippen molar-refractivity contribution in [1.29, 1.82) is 0 Å². The molecule has 3 nitrogen and oxygen atoms in total. The number of hydrogen-bond donors (Lipinski definition) is 0. The molecule has 0 radical (unpaired) electrons. The molecular formula is C22H23NO2. The Labute approximate surface area is 148 Å². The van der Waals surface area contributed by atoms with Gasteiger partial charge in [0.2, 0.25) is 0 Å². The molecule has 0 amide bonds. The van der Waals surface area contributed by atoms with Crippen molar-refractivity contribution in [3.63, 3.8) is 0 Å². The summed E-state index contributed by atoms with van der Waals surface area (Å²) in [6, 6.07) is 18.7. The summed E-state index contributed by atoms with van der Waals surface area (Å²) in [6.07, 6.45) is 4.60. The number of para-hydroxylation sites is 1. The second kappa shape index (κ2) is 6.07. The quantitative estimate of drug-likeness (QED) is 0.649. The molecule has 0 spiro atoms. The molecule has 0 N–H and O–H groups in total. The highest BCUT2D eigenvalue weighted by Gasteiger charge is 2.58. The van der Waals surface area contributed by atoms with Crippen LogP contribution in [-0.2, 0) is 28.4 Å². The van der Waals surface area contributed by atoms with Crippen molar-refractivity contribution in [2.45, 2.75) is 37.7 Å². The largest absolute Gasteiger partial charge is 0.460 e. The fraction of sp³-hybridized carbons (Fsp3) is 0.318. The first-order valence-corrected chi connectivity index (χ1v) is 8.96. The maximum Gasteiger partial charge on any atom is 0.320 e. The maximum atomic E-state index is 12.6. The molecule has 2 heterocycles. The molecule has 3 heteroatoms. The summed E-state index contributed by atoms with van der Waals surface area (Å²) in [5.74, 6) is -0.0792. The van der Waals surface area contributed by atoms with E-state index in [4.69, 9.17) is 4.74 Å². The van der Waals surface area contributed by atoms with E-state index in [1.54, 1.807) is 0 Å². The number of aromatic nitrogens is 1. The third kappa shape index (κ3) is 2.38. The molecule has 1 aliphatic rings. The zero-order valence-corrected chi connectivity index (χ0v) is 14.7. The van der Waals surface area contributed by atoms with Gasteiger partial charge in [0.25, 0.3) is 0 Å². The molecule has 0 aliphatic carbocycles. The molecule has 3 aromatic rings. The Balaban J connectivity index is 1.69. The maximum absolute atomic E-state index is 12.6. The zero-order valence-electron chi connectivity index (χ0n) is 14.7. The van der Waals surface area contributed by atoms with Crippen LogP contribution in [-0.4, -0.2) is 16.6 Å². The van der Waals surface area contributed by atoms with Crippen molar-refractivity contribution >= 4 is 16.9 Å². The third-order valence-electron chi connectivity index (χ3n) is 5.64. The van der Waals surface area contributed by atoms with Crippen LogP contribution in [0, 0.1) is 0 Å². The molecule has 1 saturated heterocycles. The van der Waals surface area contributed by atoms with E-state index in [2.05, 4.69) is 54.1 Å². The number of rotatable bonds is 5. The fourth-order valence-corrected chi connectivity index (χ4v) is 4.20. The predicted octanol–water partition coefficient (Wildman–Crippen LogP) is 4.38. The highest BCUT2D eigenvalue weighted by molar-refractivity contribution is 5.96. The van der Waals surface area contributed by atoms with Gasteiger partial charge < -0.3 is 9.30 Å². The van der Waals surface area contributed by atoms with Crippen LogP contribution in [0.2, 0.25) is 0 Å². The number of fused-ring (bicyclic) bond motifs is 1. The Hall–Kier alpha value is -2.55. The van der Waals surface area contributed by atoms with Crippen molar-refractivity contribution in [3.8, 4) is 0 Å². The van der Waals surface area contributed by atoms with Gasteiger partial charge in [-0.05, 0) is 36.5 Å². The molecule has 25 heavy (non-hydrogen) atoms. The molecule has 4 rings (SSSR count). The van der Waals surface area contributed by atoms with E-state index in [-0.39, 0.29) is 12.1 Å². The molecule has 1 fully saturated rings. The average Bonchev–Trinajstić information content (AvgIpc) is 2.97. The second-order valence-electron chi connectivity index (χ2n) is 6.91. The number of hydrogen-bond acceptors (Lipinski definition) is 2. The van der Waals surface area contributed by atoms with Crippen molar-refractivity contribution in [2.75, 3.05) is 0 Å². The first-order valence-electron chi connectivity index (χ1n) is 8.96. The number of ether oxygens (including phenoxy) is 1. The topological polar surface area (TPSA) is 31.2 Å². The van der Waals surface area contributed by atoms with Crippen molar-refractivity contribution in [3.05, 3.63) is 71.9 Å². The summed E-state index contributed by atoms with van der Waals surface area (Å²) in [5, 5.41) is 1.16. The number of benzene rings is 2. The summed E-state index contributed by atoms with van der Waals surface area (Å²) < 4.78 is 7.75. The van der Waals surface area contributed by atoms with Crippen molar-refractivity contribution in [1.82, 2.24) is 4.57 Å². The molecule has 1 aromatic heterocycles. The van der Waals surface area contributed by atoms with Gasteiger partial charge in [-0.15, -0.1) is 0 Å². The molecule has 128 valence electrons. The Morgan fingerprint density at radius 2 is 1.80 bits per heavy atom. The Kier molecular flexibility index (Phi) is 3.87.